The average molecular weight is 237 g/mol. The van der Waals surface area contributed by atoms with Gasteiger partial charge < -0.3 is 5.84 Å². The summed E-state index contributed by atoms with van der Waals surface area (Å²) in [6.45, 7) is 11.9. The highest BCUT2D eigenvalue weighted by Gasteiger charge is 2.41. The number of allylic oxidation sites excluding steroid dienone is 3. The molecule has 0 fully saturated rings. The van der Waals surface area contributed by atoms with Crippen LogP contribution < -0.4 is 5.84 Å². The first-order valence-corrected chi connectivity index (χ1v) is 8.86. The molecule has 1 atom stereocenters. The highest BCUT2D eigenvalue weighted by molar-refractivity contribution is 6.82. The van der Waals surface area contributed by atoms with Crippen molar-refractivity contribution in [3.05, 3.63) is 23.9 Å². The monoisotopic (exact) mass is 237 g/mol. The van der Waals surface area contributed by atoms with E-state index in [0.717, 1.165) is 12.1 Å². The highest BCUT2D eigenvalue weighted by atomic mass is 28.3. The van der Waals surface area contributed by atoms with Crippen molar-refractivity contribution in [2.75, 3.05) is 0 Å². The molecule has 0 saturated carbocycles. The van der Waals surface area contributed by atoms with Crippen LogP contribution in [0.5, 0.6) is 0 Å². The lowest BCUT2D eigenvalue weighted by atomic mass is 10.1. The van der Waals surface area contributed by atoms with Gasteiger partial charge in [0.05, 0.1) is 13.8 Å². The van der Waals surface area contributed by atoms with E-state index in [2.05, 4.69) is 56.4 Å². The Hall–Kier alpha value is -0.903. The SMILES string of the molecule is CC(C)(C)[Si](C)(C)C1C=C(N=NN)C=CC1. The number of hydrogen-bond donors (Lipinski definition) is 1. The Bertz CT molecular complexity index is 331. The van der Waals surface area contributed by atoms with Crippen LogP contribution in [0.3, 0.4) is 0 Å². The Labute approximate surface area is 99.5 Å². The van der Waals surface area contributed by atoms with Gasteiger partial charge in [0.25, 0.3) is 0 Å². The molecule has 0 spiro atoms. The molecule has 0 aromatic carbocycles. The van der Waals surface area contributed by atoms with Crippen LogP contribution in [0, 0.1) is 0 Å². The van der Waals surface area contributed by atoms with Gasteiger partial charge in [-0.05, 0) is 23.1 Å². The lowest BCUT2D eigenvalue weighted by Gasteiger charge is -2.42. The summed E-state index contributed by atoms with van der Waals surface area (Å²) < 4.78 is 0. The van der Waals surface area contributed by atoms with Gasteiger partial charge in [-0.3, -0.25) is 0 Å². The Kier molecular flexibility index (Phi) is 3.73. The van der Waals surface area contributed by atoms with Crippen LogP contribution in [0.15, 0.2) is 34.3 Å². The van der Waals surface area contributed by atoms with Crippen LogP contribution in [0.1, 0.15) is 27.2 Å². The first kappa shape index (κ1) is 13.2. The van der Waals surface area contributed by atoms with Gasteiger partial charge in [-0.2, -0.15) is 0 Å². The standard InChI is InChI=1S/C12H23N3Si/c1-12(2,3)16(4,5)11-8-6-7-10(9-11)14-15-13/h6-7,9,11H,8H2,1-5H3,(H2,13,14). The summed E-state index contributed by atoms with van der Waals surface area (Å²) in [5.74, 6) is 5.09. The van der Waals surface area contributed by atoms with E-state index in [4.69, 9.17) is 5.84 Å². The van der Waals surface area contributed by atoms with Gasteiger partial charge >= 0.3 is 0 Å². The summed E-state index contributed by atoms with van der Waals surface area (Å²) in [7, 11) is -1.35. The molecule has 0 radical (unpaired) electrons. The first-order chi connectivity index (χ1) is 7.29. The van der Waals surface area contributed by atoms with Gasteiger partial charge in [0.15, 0.2) is 0 Å². The zero-order chi connectivity index (χ0) is 12.4. The molecular formula is C12H23N3Si. The van der Waals surface area contributed by atoms with Gasteiger partial charge in [0.2, 0.25) is 0 Å². The average Bonchev–Trinajstić information content (AvgIpc) is 2.17. The van der Waals surface area contributed by atoms with Gasteiger partial charge in [0.1, 0.15) is 0 Å². The van der Waals surface area contributed by atoms with Crippen molar-refractivity contribution in [1.82, 2.24) is 0 Å². The summed E-state index contributed by atoms with van der Waals surface area (Å²) in [5, 5.41) is 7.68. The molecule has 16 heavy (non-hydrogen) atoms. The molecule has 0 heterocycles. The van der Waals surface area contributed by atoms with Crippen molar-refractivity contribution in [1.29, 1.82) is 0 Å². The van der Waals surface area contributed by atoms with E-state index in [-0.39, 0.29) is 0 Å². The fourth-order valence-corrected chi connectivity index (χ4v) is 4.28. The summed E-state index contributed by atoms with van der Waals surface area (Å²) >= 11 is 0. The summed E-state index contributed by atoms with van der Waals surface area (Å²) in [6.07, 6.45) is 7.56. The minimum Gasteiger partial charge on any atom is -0.305 e. The van der Waals surface area contributed by atoms with Crippen molar-refractivity contribution < 1.29 is 0 Å². The second-order valence-corrected chi connectivity index (χ2v) is 11.7. The van der Waals surface area contributed by atoms with Crippen LogP contribution in [0.25, 0.3) is 0 Å². The third-order valence-electron chi connectivity index (χ3n) is 4.08. The molecule has 2 N–H and O–H groups in total. The lowest BCUT2D eigenvalue weighted by Crippen LogP contribution is -2.41. The highest BCUT2D eigenvalue weighted by Crippen LogP contribution is 2.47. The number of nitrogens with zero attached hydrogens (tertiary/aromatic N) is 2. The van der Waals surface area contributed by atoms with Gasteiger partial charge in [-0.25, -0.2) is 0 Å². The molecule has 0 amide bonds. The second kappa shape index (κ2) is 4.53. The van der Waals surface area contributed by atoms with Crippen LogP contribution in [0.2, 0.25) is 23.7 Å². The number of hydrogen-bond acceptors (Lipinski definition) is 2. The van der Waals surface area contributed by atoms with E-state index >= 15 is 0 Å². The van der Waals surface area contributed by atoms with Gasteiger partial charge in [-0.15, -0.1) is 5.11 Å². The normalized spacial score (nSPS) is 22.6. The topological polar surface area (TPSA) is 50.7 Å². The fourth-order valence-electron chi connectivity index (χ4n) is 1.86. The van der Waals surface area contributed by atoms with Crippen LogP contribution >= 0.6 is 0 Å². The Morgan fingerprint density at radius 3 is 2.50 bits per heavy atom. The maximum atomic E-state index is 5.09. The van der Waals surface area contributed by atoms with Crippen molar-refractivity contribution in [2.24, 2.45) is 16.2 Å². The van der Waals surface area contributed by atoms with E-state index in [1.165, 1.54) is 0 Å². The Balaban J connectivity index is 2.95. The third-order valence-corrected chi connectivity index (χ3v) is 10.2. The van der Waals surface area contributed by atoms with Crippen molar-refractivity contribution in [2.45, 2.75) is 50.9 Å². The first-order valence-electron chi connectivity index (χ1n) is 5.78. The Morgan fingerprint density at radius 2 is 2.00 bits per heavy atom. The van der Waals surface area contributed by atoms with Gasteiger partial charge in [0, 0.05) is 0 Å². The minimum absolute atomic E-state index is 0.393. The number of rotatable bonds is 2. The van der Waals surface area contributed by atoms with E-state index in [1.807, 2.05) is 6.08 Å². The van der Waals surface area contributed by atoms with Gasteiger partial charge in [-0.1, -0.05) is 51.2 Å². The molecule has 0 aliphatic heterocycles. The number of nitrogens with two attached hydrogens (primary N) is 1. The Morgan fingerprint density at radius 1 is 1.38 bits per heavy atom. The molecule has 1 aliphatic carbocycles. The van der Waals surface area contributed by atoms with Crippen molar-refractivity contribution in [3.63, 3.8) is 0 Å². The summed E-state index contributed by atoms with van der Waals surface area (Å²) in [5.41, 5.74) is 1.53. The molecule has 1 unspecified atom stereocenters. The van der Waals surface area contributed by atoms with E-state index in [9.17, 15) is 0 Å². The molecule has 90 valence electrons. The zero-order valence-electron chi connectivity index (χ0n) is 11.0. The maximum Gasteiger partial charge on any atom is 0.0831 e. The molecule has 4 heteroatoms. The molecule has 0 aromatic rings. The molecule has 0 bridgehead atoms. The summed E-state index contributed by atoms with van der Waals surface area (Å²) in [6, 6.07) is 0. The van der Waals surface area contributed by atoms with E-state index < -0.39 is 8.07 Å². The quantitative estimate of drug-likeness (QED) is 0.335. The molecule has 1 rings (SSSR count). The summed E-state index contributed by atoms with van der Waals surface area (Å²) in [4.78, 5) is 0. The predicted molar refractivity (Wildman–Crippen MR) is 71.8 cm³/mol. The molecule has 1 aliphatic rings. The molecule has 0 saturated heterocycles. The predicted octanol–water partition coefficient (Wildman–Crippen LogP) is 4.03. The van der Waals surface area contributed by atoms with E-state index in [0.29, 0.717) is 10.6 Å². The largest absolute Gasteiger partial charge is 0.305 e. The minimum atomic E-state index is -1.35. The smallest absolute Gasteiger partial charge is 0.0831 e. The molecule has 0 aromatic heterocycles. The van der Waals surface area contributed by atoms with E-state index in [1.54, 1.807) is 0 Å². The van der Waals surface area contributed by atoms with Crippen molar-refractivity contribution >= 4 is 8.07 Å². The lowest BCUT2D eigenvalue weighted by molar-refractivity contribution is 0.694. The third kappa shape index (κ3) is 2.61. The zero-order valence-corrected chi connectivity index (χ0v) is 12.0. The van der Waals surface area contributed by atoms with Crippen LogP contribution in [-0.4, -0.2) is 8.07 Å². The maximum absolute atomic E-state index is 5.09. The second-order valence-electron chi connectivity index (χ2n) is 6.02. The fraction of sp³-hybridized carbons (Fsp3) is 0.667. The van der Waals surface area contributed by atoms with Crippen molar-refractivity contribution in [3.8, 4) is 0 Å². The van der Waals surface area contributed by atoms with Crippen LogP contribution in [0.4, 0.5) is 0 Å². The van der Waals surface area contributed by atoms with Crippen LogP contribution in [-0.2, 0) is 0 Å². The molecular weight excluding hydrogens is 214 g/mol. The molecule has 3 nitrogen and oxygen atoms in total.